The molecule has 4 nitrogen and oxygen atoms in total. The third-order valence-corrected chi connectivity index (χ3v) is 2.90. The molecule has 0 amide bonds. The van der Waals surface area contributed by atoms with Crippen LogP contribution in [-0.2, 0) is 4.74 Å². The normalized spacial score (nSPS) is 12.4. The fourth-order valence-corrected chi connectivity index (χ4v) is 1.96. The number of halogens is 1. The summed E-state index contributed by atoms with van der Waals surface area (Å²) in [7, 11) is 0. The Kier molecular flexibility index (Phi) is 7.82. The molecule has 2 N–H and O–H groups in total. The van der Waals surface area contributed by atoms with Crippen LogP contribution in [-0.4, -0.2) is 38.1 Å². The summed E-state index contributed by atoms with van der Waals surface area (Å²) in [5, 5.41) is 12.6. The molecule has 1 aromatic carbocycles. The zero-order chi connectivity index (χ0) is 14.1. The Labute approximate surface area is 119 Å². The van der Waals surface area contributed by atoms with Gasteiger partial charge in [0.15, 0.2) is 0 Å². The Hall–Kier alpha value is -0.810. The summed E-state index contributed by atoms with van der Waals surface area (Å²) >= 11 is 6.03. The van der Waals surface area contributed by atoms with Gasteiger partial charge in [-0.1, -0.05) is 18.5 Å². The first-order valence-electron chi connectivity index (χ1n) is 6.53. The second-order valence-electron chi connectivity index (χ2n) is 4.15. The lowest BCUT2D eigenvalue weighted by Crippen LogP contribution is -2.19. The van der Waals surface area contributed by atoms with Gasteiger partial charge in [-0.3, -0.25) is 0 Å². The highest BCUT2D eigenvalue weighted by Gasteiger charge is 2.11. The molecule has 0 heterocycles. The number of aliphatic hydroxyl groups is 1. The molecule has 19 heavy (non-hydrogen) atoms. The average molecular weight is 288 g/mol. The van der Waals surface area contributed by atoms with Crippen molar-refractivity contribution < 1.29 is 14.6 Å². The van der Waals surface area contributed by atoms with Crippen molar-refractivity contribution in [3.05, 3.63) is 28.8 Å². The maximum absolute atomic E-state index is 8.60. The molecular formula is C14H22ClNO3. The zero-order valence-electron chi connectivity index (χ0n) is 11.5. The first-order valence-corrected chi connectivity index (χ1v) is 6.91. The Bertz CT molecular complexity index is 374. The van der Waals surface area contributed by atoms with Crippen LogP contribution in [0.5, 0.6) is 5.75 Å². The van der Waals surface area contributed by atoms with E-state index >= 15 is 0 Å². The van der Waals surface area contributed by atoms with Gasteiger partial charge >= 0.3 is 0 Å². The third kappa shape index (κ3) is 5.78. The Balaban J connectivity index is 2.60. The molecule has 0 aliphatic rings. The highest BCUT2D eigenvalue weighted by atomic mass is 35.5. The van der Waals surface area contributed by atoms with Crippen LogP contribution in [0, 0.1) is 0 Å². The molecule has 1 atom stereocenters. The van der Waals surface area contributed by atoms with Gasteiger partial charge < -0.3 is 19.9 Å². The van der Waals surface area contributed by atoms with Crippen LogP contribution in [0.3, 0.4) is 0 Å². The van der Waals surface area contributed by atoms with Crippen LogP contribution in [0.25, 0.3) is 0 Å². The van der Waals surface area contributed by atoms with Gasteiger partial charge in [-0.15, -0.1) is 0 Å². The quantitative estimate of drug-likeness (QED) is 0.685. The van der Waals surface area contributed by atoms with Crippen molar-refractivity contribution >= 4 is 11.6 Å². The predicted molar refractivity (Wildman–Crippen MR) is 76.9 cm³/mol. The van der Waals surface area contributed by atoms with Crippen LogP contribution in [0.4, 0.5) is 0 Å². The summed E-state index contributed by atoms with van der Waals surface area (Å²) in [6, 6.07) is 5.78. The molecule has 5 heteroatoms. The molecule has 1 aromatic rings. The van der Waals surface area contributed by atoms with Gasteiger partial charge in [0, 0.05) is 16.6 Å². The highest BCUT2D eigenvalue weighted by Crippen LogP contribution is 2.28. The standard InChI is InChI=1S/C14H22ClNO3/c1-3-16-11(2)13-10-12(15)4-5-14(13)19-9-8-18-7-6-17/h4-5,10-11,16-17H,3,6-9H2,1-2H3. The molecule has 0 saturated carbocycles. The minimum Gasteiger partial charge on any atom is -0.491 e. The van der Waals surface area contributed by atoms with Crippen molar-refractivity contribution in [1.82, 2.24) is 5.32 Å². The van der Waals surface area contributed by atoms with Gasteiger partial charge in [-0.05, 0) is 31.7 Å². The lowest BCUT2D eigenvalue weighted by Gasteiger charge is -2.18. The fraction of sp³-hybridized carbons (Fsp3) is 0.571. The molecular weight excluding hydrogens is 266 g/mol. The summed E-state index contributed by atoms with van der Waals surface area (Å²) in [6.07, 6.45) is 0. The maximum Gasteiger partial charge on any atom is 0.124 e. The van der Waals surface area contributed by atoms with E-state index in [0.717, 1.165) is 17.9 Å². The second-order valence-corrected chi connectivity index (χ2v) is 4.58. The topological polar surface area (TPSA) is 50.7 Å². The lowest BCUT2D eigenvalue weighted by atomic mass is 10.1. The third-order valence-electron chi connectivity index (χ3n) is 2.67. The van der Waals surface area contributed by atoms with Crippen LogP contribution < -0.4 is 10.1 Å². The lowest BCUT2D eigenvalue weighted by molar-refractivity contribution is 0.0702. The van der Waals surface area contributed by atoms with Gasteiger partial charge in [0.05, 0.1) is 19.8 Å². The summed E-state index contributed by atoms with van der Waals surface area (Å²) in [6.45, 7) is 6.29. The van der Waals surface area contributed by atoms with E-state index in [1.54, 1.807) is 0 Å². The Morgan fingerprint density at radius 2 is 2.11 bits per heavy atom. The van der Waals surface area contributed by atoms with Gasteiger partial charge in [0.1, 0.15) is 12.4 Å². The monoisotopic (exact) mass is 287 g/mol. The summed E-state index contributed by atoms with van der Waals surface area (Å²) in [5.74, 6) is 0.811. The largest absolute Gasteiger partial charge is 0.491 e. The summed E-state index contributed by atoms with van der Waals surface area (Å²) < 4.78 is 10.9. The van der Waals surface area contributed by atoms with Crippen molar-refractivity contribution in [3.8, 4) is 5.75 Å². The maximum atomic E-state index is 8.60. The van der Waals surface area contributed by atoms with Crippen LogP contribution in [0.1, 0.15) is 25.5 Å². The van der Waals surface area contributed by atoms with Crippen LogP contribution in [0.2, 0.25) is 5.02 Å². The molecule has 0 aromatic heterocycles. The number of rotatable bonds is 9. The molecule has 0 aliphatic carbocycles. The van der Waals surface area contributed by atoms with Crippen molar-refractivity contribution in [2.45, 2.75) is 19.9 Å². The SMILES string of the molecule is CCNC(C)c1cc(Cl)ccc1OCCOCCO. The first kappa shape index (κ1) is 16.2. The van der Waals surface area contributed by atoms with E-state index < -0.39 is 0 Å². The van der Waals surface area contributed by atoms with Crippen LogP contribution >= 0.6 is 11.6 Å². The first-order chi connectivity index (χ1) is 9.19. The van der Waals surface area contributed by atoms with Crippen LogP contribution in [0.15, 0.2) is 18.2 Å². The minimum atomic E-state index is 0.0314. The van der Waals surface area contributed by atoms with E-state index in [9.17, 15) is 0 Å². The average Bonchev–Trinajstić information content (AvgIpc) is 2.40. The van der Waals surface area contributed by atoms with Gasteiger partial charge in [-0.2, -0.15) is 0 Å². The van der Waals surface area contributed by atoms with E-state index in [2.05, 4.69) is 19.2 Å². The number of hydrogen-bond donors (Lipinski definition) is 2. The molecule has 0 radical (unpaired) electrons. The summed E-state index contributed by atoms with van der Waals surface area (Å²) in [4.78, 5) is 0. The molecule has 0 fully saturated rings. The Morgan fingerprint density at radius 3 is 2.79 bits per heavy atom. The molecule has 1 unspecified atom stereocenters. The second kappa shape index (κ2) is 9.15. The fourth-order valence-electron chi connectivity index (χ4n) is 1.78. The van der Waals surface area contributed by atoms with Gasteiger partial charge in [0.2, 0.25) is 0 Å². The number of benzene rings is 1. The highest BCUT2D eigenvalue weighted by molar-refractivity contribution is 6.30. The van der Waals surface area contributed by atoms with Crippen molar-refractivity contribution in [2.24, 2.45) is 0 Å². The number of ether oxygens (including phenoxy) is 2. The van der Waals surface area contributed by atoms with Gasteiger partial charge in [-0.25, -0.2) is 0 Å². The zero-order valence-corrected chi connectivity index (χ0v) is 12.2. The molecule has 108 valence electrons. The molecule has 0 bridgehead atoms. The van der Waals surface area contributed by atoms with E-state index in [-0.39, 0.29) is 12.6 Å². The van der Waals surface area contributed by atoms with Gasteiger partial charge in [0.25, 0.3) is 0 Å². The molecule has 0 saturated heterocycles. The number of hydrogen-bond acceptors (Lipinski definition) is 4. The van der Waals surface area contributed by atoms with E-state index in [1.807, 2.05) is 18.2 Å². The Morgan fingerprint density at radius 1 is 1.32 bits per heavy atom. The number of nitrogens with one attached hydrogen (secondary N) is 1. The molecule has 0 spiro atoms. The summed E-state index contributed by atoms with van der Waals surface area (Å²) in [5.41, 5.74) is 1.04. The smallest absolute Gasteiger partial charge is 0.124 e. The minimum absolute atomic E-state index is 0.0314. The van der Waals surface area contributed by atoms with Crippen molar-refractivity contribution in [2.75, 3.05) is 33.0 Å². The van der Waals surface area contributed by atoms with Crippen molar-refractivity contribution in [1.29, 1.82) is 0 Å². The molecule has 0 aliphatic heterocycles. The number of aliphatic hydroxyl groups excluding tert-OH is 1. The van der Waals surface area contributed by atoms with E-state index in [1.165, 1.54) is 0 Å². The predicted octanol–water partition coefficient (Wildman–Crippen LogP) is 2.40. The van der Waals surface area contributed by atoms with E-state index in [4.69, 9.17) is 26.2 Å². The van der Waals surface area contributed by atoms with Crippen molar-refractivity contribution in [3.63, 3.8) is 0 Å². The van der Waals surface area contributed by atoms with E-state index in [0.29, 0.717) is 24.8 Å². The molecule has 1 rings (SSSR count).